The van der Waals surface area contributed by atoms with Gasteiger partial charge in [-0.05, 0) is 11.6 Å². The first-order chi connectivity index (χ1) is 8.79. The predicted octanol–water partition coefficient (Wildman–Crippen LogP) is 1.80. The molecule has 0 amide bonds. The molecule has 2 rings (SSSR count). The van der Waals surface area contributed by atoms with Crippen LogP contribution in [0.4, 0.5) is 0 Å². The summed E-state index contributed by atoms with van der Waals surface area (Å²) in [5, 5.41) is 4.20. The molecule has 4 nitrogen and oxygen atoms in total. The standard InChI is InChI=1S/C14H20N4.ClH/c1-17-14(7-9-16-17)12-18(10-8-15)11-13-5-3-2-4-6-13;/h2-7,9H,8,10-12,15H2,1H3;1H. The number of aryl methyl sites for hydroxylation is 1. The average Bonchev–Trinajstić information content (AvgIpc) is 2.77. The van der Waals surface area contributed by atoms with E-state index in [0.29, 0.717) is 6.54 Å². The van der Waals surface area contributed by atoms with E-state index in [2.05, 4.69) is 40.3 Å². The normalized spacial score (nSPS) is 10.5. The van der Waals surface area contributed by atoms with Crippen LogP contribution >= 0.6 is 12.4 Å². The van der Waals surface area contributed by atoms with E-state index in [-0.39, 0.29) is 12.4 Å². The highest BCUT2D eigenvalue weighted by atomic mass is 35.5. The maximum absolute atomic E-state index is 5.69. The van der Waals surface area contributed by atoms with Crippen molar-refractivity contribution in [1.29, 1.82) is 0 Å². The molecule has 0 saturated heterocycles. The summed E-state index contributed by atoms with van der Waals surface area (Å²) >= 11 is 0. The molecule has 2 N–H and O–H groups in total. The minimum atomic E-state index is 0. The zero-order valence-corrected chi connectivity index (χ0v) is 12.0. The third-order valence-electron chi connectivity index (χ3n) is 3.00. The van der Waals surface area contributed by atoms with Crippen LogP contribution in [-0.4, -0.2) is 27.8 Å². The number of nitrogens with two attached hydrogens (primary N) is 1. The first kappa shape index (κ1) is 15.7. The molecule has 0 saturated carbocycles. The van der Waals surface area contributed by atoms with Crippen LogP contribution in [-0.2, 0) is 20.1 Å². The van der Waals surface area contributed by atoms with Gasteiger partial charge in [-0.3, -0.25) is 9.58 Å². The predicted molar refractivity (Wildman–Crippen MR) is 80.1 cm³/mol. The van der Waals surface area contributed by atoms with E-state index in [1.54, 1.807) is 0 Å². The van der Waals surface area contributed by atoms with E-state index in [1.165, 1.54) is 11.3 Å². The molecule has 0 spiro atoms. The van der Waals surface area contributed by atoms with Crippen molar-refractivity contribution in [2.45, 2.75) is 13.1 Å². The molecule has 0 atom stereocenters. The Morgan fingerprint density at radius 3 is 2.47 bits per heavy atom. The van der Waals surface area contributed by atoms with Gasteiger partial charge in [0, 0.05) is 39.4 Å². The Bertz CT molecular complexity index is 469. The van der Waals surface area contributed by atoms with Crippen molar-refractivity contribution >= 4 is 12.4 Å². The smallest absolute Gasteiger partial charge is 0.0521 e. The third kappa shape index (κ3) is 4.67. The zero-order valence-electron chi connectivity index (χ0n) is 11.2. The van der Waals surface area contributed by atoms with E-state index in [0.717, 1.165) is 19.6 Å². The Kier molecular flexibility index (Phi) is 6.56. The second-order valence-electron chi connectivity index (χ2n) is 4.43. The number of halogens is 1. The molecule has 1 aromatic carbocycles. The Hall–Kier alpha value is -1.36. The van der Waals surface area contributed by atoms with Gasteiger partial charge in [-0.2, -0.15) is 5.10 Å². The highest BCUT2D eigenvalue weighted by molar-refractivity contribution is 5.85. The maximum atomic E-state index is 5.69. The summed E-state index contributed by atoms with van der Waals surface area (Å²) in [7, 11) is 1.97. The Morgan fingerprint density at radius 1 is 1.16 bits per heavy atom. The molecule has 104 valence electrons. The summed E-state index contributed by atoms with van der Waals surface area (Å²) in [4.78, 5) is 2.34. The zero-order chi connectivity index (χ0) is 12.8. The highest BCUT2D eigenvalue weighted by Gasteiger charge is 2.08. The topological polar surface area (TPSA) is 47.1 Å². The van der Waals surface area contributed by atoms with Crippen molar-refractivity contribution in [1.82, 2.24) is 14.7 Å². The van der Waals surface area contributed by atoms with Crippen molar-refractivity contribution in [3.63, 3.8) is 0 Å². The SMILES string of the molecule is Cl.Cn1nccc1CN(CCN)Cc1ccccc1. The number of nitrogens with zero attached hydrogens (tertiary/aromatic N) is 3. The van der Waals surface area contributed by atoms with Crippen LogP contribution in [0.3, 0.4) is 0 Å². The van der Waals surface area contributed by atoms with Gasteiger partial charge < -0.3 is 5.73 Å². The molecule has 0 aliphatic carbocycles. The molecular formula is C14H21ClN4. The lowest BCUT2D eigenvalue weighted by Crippen LogP contribution is -2.29. The minimum absolute atomic E-state index is 0. The van der Waals surface area contributed by atoms with Crippen molar-refractivity contribution in [3.8, 4) is 0 Å². The Morgan fingerprint density at radius 2 is 1.89 bits per heavy atom. The third-order valence-corrected chi connectivity index (χ3v) is 3.00. The van der Waals surface area contributed by atoms with Crippen LogP contribution in [0, 0.1) is 0 Å². The molecule has 0 fully saturated rings. The molecular weight excluding hydrogens is 260 g/mol. The van der Waals surface area contributed by atoms with Gasteiger partial charge in [0.15, 0.2) is 0 Å². The van der Waals surface area contributed by atoms with Gasteiger partial charge in [0.1, 0.15) is 0 Å². The summed E-state index contributed by atoms with van der Waals surface area (Å²) in [5.41, 5.74) is 8.21. The number of aromatic nitrogens is 2. The van der Waals surface area contributed by atoms with Gasteiger partial charge in [0.2, 0.25) is 0 Å². The van der Waals surface area contributed by atoms with Crippen LogP contribution in [0.1, 0.15) is 11.3 Å². The van der Waals surface area contributed by atoms with E-state index in [4.69, 9.17) is 5.73 Å². The molecule has 0 unspecified atom stereocenters. The van der Waals surface area contributed by atoms with E-state index >= 15 is 0 Å². The lowest BCUT2D eigenvalue weighted by molar-refractivity contribution is 0.257. The number of rotatable bonds is 6. The van der Waals surface area contributed by atoms with Crippen molar-refractivity contribution in [2.75, 3.05) is 13.1 Å². The quantitative estimate of drug-likeness (QED) is 0.878. The van der Waals surface area contributed by atoms with Crippen molar-refractivity contribution < 1.29 is 0 Å². The van der Waals surface area contributed by atoms with Gasteiger partial charge in [-0.15, -0.1) is 12.4 Å². The fourth-order valence-corrected chi connectivity index (χ4v) is 2.02. The summed E-state index contributed by atoms with van der Waals surface area (Å²) in [5.74, 6) is 0. The number of hydrogen-bond acceptors (Lipinski definition) is 3. The van der Waals surface area contributed by atoms with E-state index < -0.39 is 0 Å². The molecule has 0 aliphatic heterocycles. The van der Waals surface area contributed by atoms with Gasteiger partial charge in [0.25, 0.3) is 0 Å². The summed E-state index contributed by atoms with van der Waals surface area (Å²) in [6.07, 6.45) is 1.83. The van der Waals surface area contributed by atoms with Gasteiger partial charge in [0.05, 0.1) is 5.69 Å². The monoisotopic (exact) mass is 280 g/mol. The molecule has 1 aromatic heterocycles. The van der Waals surface area contributed by atoms with E-state index in [9.17, 15) is 0 Å². The van der Waals surface area contributed by atoms with Crippen molar-refractivity contribution in [2.24, 2.45) is 12.8 Å². The highest BCUT2D eigenvalue weighted by Crippen LogP contribution is 2.08. The molecule has 19 heavy (non-hydrogen) atoms. The average molecular weight is 281 g/mol. The Labute approximate surface area is 120 Å². The minimum Gasteiger partial charge on any atom is -0.329 e. The molecule has 1 heterocycles. The summed E-state index contributed by atoms with van der Waals surface area (Å²) in [6.45, 7) is 3.36. The maximum Gasteiger partial charge on any atom is 0.0521 e. The molecule has 2 aromatic rings. The van der Waals surface area contributed by atoms with Crippen molar-refractivity contribution in [3.05, 3.63) is 53.9 Å². The number of benzene rings is 1. The lowest BCUT2D eigenvalue weighted by atomic mass is 10.2. The fourth-order valence-electron chi connectivity index (χ4n) is 2.02. The lowest BCUT2D eigenvalue weighted by Gasteiger charge is -2.21. The fraction of sp³-hybridized carbons (Fsp3) is 0.357. The van der Waals surface area contributed by atoms with Crippen LogP contribution in [0.2, 0.25) is 0 Å². The largest absolute Gasteiger partial charge is 0.329 e. The van der Waals surface area contributed by atoms with Gasteiger partial charge >= 0.3 is 0 Å². The van der Waals surface area contributed by atoms with Crippen LogP contribution < -0.4 is 5.73 Å². The first-order valence-electron chi connectivity index (χ1n) is 6.23. The summed E-state index contributed by atoms with van der Waals surface area (Å²) < 4.78 is 1.91. The molecule has 0 aliphatic rings. The Balaban J connectivity index is 0.00000180. The van der Waals surface area contributed by atoms with Gasteiger partial charge in [-0.1, -0.05) is 30.3 Å². The molecule has 0 bridgehead atoms. The second-order valence-corrected chi connectivity index (χ2v) is 4.43. The van der Waals surface area contributed by atoms with E-state index in [1.807, 2.05) is 24.0 Å². The molecule has 5 heteroatoms. The number of hydrogen-bond donors (Lipinski definition) is 1. The molecule has 0 radical (unpaired) electrons. The first-order valence-corrected chi connectivity index (χ1v) is 6.23. The van der Waals surface area contributed by atoms with Crippen LogP contribution in [0.25, 0.3) is 0 Å². The second kappa shape index (κ2) is 7.94. The van der Waals surface area contributed by atoms with Gasteiger partial charge in [-0.25, -0.2) is 0 Å². The summed E-state index contributed by atoms with van der Waals surface area (Å²) in [6, 6.07) is 12.5. The van der Waals surface area contributed by atoms with Crippen LogP contribution in [0.5, 0.6) is 0 Å². The van der Waals surface area contributed by atoms with Crippen LogP contribution in [0.15, 0.2) is 42.6 Å².